The first-order valence-corrected chi connectivity index (χ1v) is 12.6. The average molecular weight is 523 g/mol. The summed E-state index contributed by atoms with van der Waals surface area (Å²) in [6.45, 7) is 9.14. The standard InChI is InChI=1S/C24H28ClFN4O4S/c1-5-30(6-2)13-18-19(24(32)34-14(4)23(31)33-7-3)20(16-9-8-15(26)12-17(16)25)29-21(28-18)22-27-10-11-35-22/h8-12,14,20H,5-7,13H2,1-4H3,(H,28,29)/t14-,20+/m1/s1. The largest absolute Gasteiger partial charge is 0.463 e. The second-order valence-corrected chi connectivity index (χ2v) is 8.96. The molecule has 188 valence electrons. The zero-order valence-electron chi connectivity index (χ0n) is 20.0. The lowest BCUT2D eigenvalue weighted by Gasteiger charge is -2.30. The van der Waals surface area contributed by atoms with Crippen molar-refractivity contribution in [3.05, 3.63) is 62.5 Å². The summed E-state index contributed by atoms with van der Waals surface area (Å²) in [5, 5.41) is 5.80. The SMILES string of the molecule is CCOC(=O)[C@@H](C)OC(=O)C1=C(CN(CC)CC)NC(c2nccs2)=N[C@H]1c1ccc(F)cc1Cl. The van der Waals surface area contributed by atoms with E-state index in [1.165, 1.54) is 36.5 Å². The smallest absolute Gasteiger partial charge is 0.347 e. The van der Waals surface area contributed by atoms with Crippen LogP contribution in [0.15, 0.2) is 46.0 Å². The molecule has 1 aromatic carbocycles. The first-order valence-electron chi connectivity index (χ1n) is 11.3. The van der Waals surface area contributed by atoms with Crippen LogP contribution in [0.3, 0.4) is 0 Å². The molecular weight excluding hydrogens is 495 g/mol. The minimum atomic E-state index is -1.13. The molecule has 1 aliphatic rings. The lowest BCUT2D eigenvalue weighted by atomic mass is 9.95. The number of thiazole rings is 1. The molecule has 0 aliphatic carbocycles. The number of amidine groups is 1. The Balaban J connectivity index is 2.13. The van der Waals surface area contributed by atoms with E-state index in [-0.39, 0.29) is 17.2 Å². The fourth-order valence-corrected chi connectivity index (χ4v) is 4.42. The number of aliphatic imine (C=N–C) groups is 1. The van der Waals surface area contributed by atoms with E-state index in [0.717, 1.165) is 13.1 Å². The summed E-state index contributed by atoms with van der Waals surface area (Å²) in [5.74, 6) is -1.45. The molecular formula is C24H28ClFN4O4S. The number of nitrogens with one attached hydrogen (secondary N) is 1. The molecule has 2 atom stereocenters. The summed E-state index contributed by atoms with van der Waals surface area (Å²) >= 11 is 7.79. The van der Waals surface area contributed by atoms with Gasteiger partial charge in [0.1, 0.15) is 11.9 Å². The quantitative estimate of drug-likeness (QED) is 0.469. The molecule has 0 bridgehead atoms. The van der Waals surface area contributed by atoms with Gasteiger partial charge in [-0.1, -0.05) is 31.5 Å². The number of nitrogens with zero attached hydrogens (tertiary/aromatic N) is 3. The van der Waals surface area contributed by atoms with Gasteiger partial charge in [-0.05, 0) is 39.1 Å². The fraction of sp³-hybridized carbons (Fsp3) is 0.417. The number of aromatic nitrogens is 1. The normalized spacial score (nSPS) is 16.5. The number of esters is 2. The van der Waals surface area contributed by atoms with Crippen LogP contribution < -0.4 is 5.32 Å². The molecule has 1 aromatic heterocycles. The third kappa shape index (κ3) is 6.45. The van der Waals surface area contributed by atoms with Gasteiger partial charge < -0.3 is 14.8 Å². The molecule has 0 radical (unpaired) electrons. The third-order valence-electron chi connectivity index (χ3n) is 5.42. The number of benzene rings is 1. The topological polar surface area (TPSA) is 93.1 Å². The highest BCUT2D eigenvalue weighted by Crippen LogP contribution is 2.37. The van der Waals surface area contributed by atoms with Gasteiger partial charge in [0.15, 0.2) is 16.9 Å². The number of carbonyl (C=O) groups excluding carboxylic acids is 2. The lowest BCUT2D eigenvalue weighted by Crippen LogP contribution is -2.40. The maximum Gasteiger partial charge on any atom is 0.347 e. The number of likely N-dealkylation sites (N-methyl/N-ethyl adjacent to an activating group) is 1. The molecule has 0 spiro atoms. The number of hydrogen-bond acceptors (Lipinski definition) is 9. The summed E-state index contributed by atoms with van der Waals surface area (Å²) in [5.41, 5.74) is 1.15. The first-order chi connectivity index (χ1) is 16.8. The molecule has 0 unspecified atom stereocenters. The maximum atomic E-state index is 13.8. The van der Waals surface area contributed by atoms with Gasteiger partial charge in [0.05, 0.1) is 12.2 Å². The summed E-state index contributed by atoms with van der Waals surface area (Å²) in [7, 11) is 0. The van der Waals surface area contributed by atoms with E-state index in [0.29, 0.717) is 28.6 Å². The highest BCUT2D eigenvalue weighted by molar-refractivity contribution is 7.11. The number of halogens is 2. The molecule has 0 saturated carbocycles. The zero-order valence-corrected chi connectivity index (χ0v) is 21.6. The molecule has 2 heterocycles. The molecule has 8 nitrogen and oxygen atoms in total. The van der Waals surface area contributed by atoms with Gasteiger partial charge in [0, 0.05) is 34.4 Å². The van der Waals surface area contributed by atoms with Crippen molar-refractivity contribution < 1.29 is 23.5 Å². The Morgan fingerprint density at radius 2 is 2.03 bits per heavy atom. The monoisotopic (exact) mass is 522 g/mol. The summed E-state index contributed by atoms with van der Waals surface area (Å²) in [6.07, 6.45) is 0.529. The lowest BCUT2D eigenvalue weighted by molar-refractivity contribution is -0.164. The van der Waals surface area contributed by atoms with Gasteiger partial charge in [-0.3, -0.25) is 9.89 Å². The summed E-state index contributed by atoms with van der Waals surface area (Å²) < 4.78 is 24.3. The minimum Gasteiger partial charge on any atom is -0.463 e. The van der Waals surface area contributed by atoms with E-state index >= 15 is 0 Å². The van der Waals surface area contributed by atoms with Crippen molar-refractivity contribution in [3.63, 3.8) is 0 Å². The van der Waals surface area contributed by atoms with E-state index in [1.54, 1.807) is 13.1 Å². The highest BCUT2D eigenvalue weighted by Gasteiger charge is 2.36. The minimum absolute atomic E-state index is 0.116. The molecule has 11 heteroatoms. The van der Waals surface area contributed by atoms with Gasteiger partial charge >= 0.3 is 11.9 Å². The van der Waals surface area contributed by atoms with Crippen LogP contribution in [-0.2, 0) is 19.1 Å². The van der Waals surface area contributed by atoms with Crippen LogP contribution in [-0.4, -0.2) is 60.0 Å². The van der Waals surface area contributed by atoms with E-state index in [2.05, 4.69) is 15.2 Å². The van der Waals surface area contributed by atoms with Gasteiger partial charge in [0.25, 0.3) is 0 Å². The van der Waals surface area contributed by atoms with Crippen LogP contribution in [0.5, 0.6) is 0 Å². The average Bonchev–Trinajstić information content (AvgIpc) is 3.37. The Hall–Kier alpha value is -2.82. The maximum absolute atomic E-state index is 13.8. The zero-order chi connectivity index (χ0) is 25.5. The third-order valence-corrected chi connectivity index (χ3v) is 6.52. The van der Waals surface area contributed by atoms with Gasteiger partial charge in [-0.2, -0.15) is 0 Å². The molecule has 0 saturated heterocycles. The van der Waals surface area contributed by atoms with Crippen molar-refractivity contribution in [1.82, 2.24) is 15.2 Å². The van der Waals surface area contributed by atoms with Gasteiger partial charge in [-0.25, -0.2) is 19.0 Å². The van der Waals surface area contributed by atoms with Crippen LogP contribution in [0.4, 0.5) is 4.39 Å². The number of hydrogen-bond donors (Lipinski definition) is 1. The first kappa shape index (κ1) is 26.8. The molecule has 1 N–H and O–H groups in total. The Morgan fingerprint density at radius 3 is 2.63 bits per heavy atom. The molecule has 3 rings (SSSR count). The van der Waals surface area contributed by atoms with Crippen LogP contribution in [0.2, 0.25) is 5.02 Å². The van der Waals surface area contributed by atoms with Crippen LogP contribution in [0, 0.1) is 5.82 Å². The Kier molecular flexibility index (Phi) is 9.36. The summed E-state index contributed by atoms with van der Waals surface area (Å²) in [6, 6.07) is 3.02. The second-order valence-electron chi connectivity index (χ2n) is 7.66. The van der Waals surface area contributed by atoms with E-state index in [1.807, 2.05) is 19.2 Å². The highest BCUT2D eigenvalue weighted by atomic mass is 35.5. The van der Waals surface area contributed by atoms with Crippen molar-refractivity contribution in [2.45, 2.75) is 39.8 Å². The van der Waals surface area contributed by atoms with Crippen molar-refractivity contribution in [1.29, 1.82) is 0 Å². The van der Waals surface area contributed by atoms with Gasteiger partial charge in [0.2, 0.25) is 0 Å². The Morgan fingerprint density at radius 1 is 1.29 bits per heavy atom. The molecule has 0 fully saturated rings. The number of ether oxygens (including phenoxy) is 2. The van der Waals surface area contributed by atoms with Crippen LogP contribution in [0.1, 0.15) is 44.3 Å². The predicted octanol–water partition coefficient (Wildman–Crippen LogP) is 4.12. The van der Waals surface area contributed by atoms with Crippen molar-refractivity contribution in [2.24, 2.45) is 4.99 Å². The molecule has 35 heavy (non-hydrogen) atoms. The van der Waals surface area contributed by atoms with Gasteiger partial charge in [-0.15, -0.1) is 11.3 Å². The Labute approximate surface area is 212 Å². The summed E-state index contributed by atoms with van der Waals surface area (Å²) in [4.78, 5) is 36.8. The van der Waals surface area contributed by atoms with Crippen LogP contribution >= 0.6 is 22.9 Å². The number of rotatable bonds is 10. The second kappa shape index (κ2) is 12.2. The van der Waals surface area contributed by atoms with E-state index in [9.17, 15) is 14.0 Å². The Bertz CT molecular complexity index is 1120. The molecule has 0 amide bonds. The van der Waals surface area contributed by atoms with E-state index < -0.39 is 29.9 Å². The predicted molar refractivity (Wildman–Crippen MR) is 133 cm³/mol. The van der Waals surface area contributed by atoms with Crippen molar-refractivity contribution in [3.8, 4) is 0 Å². The van der Waals surface area contributed by atoms with Crippen LogP contribution in [0.25, 0.3) is 0 Å². The molecule has 2 aromatic rings. The van der Waals surface area contributed by atoms with Crippen molar-refractivity contribution >= 4 is 40.7 Å². The van der Waals surface area contributed by atoms with Crippen molar-refractivity contribution in [2.75, 3.05) is 26.2 Å². The number of carbonyl (C=O) groups is 2. The fourth-order valence-electron chi connectivity index (χ4n) is 3.56. The molecule has 1 aliphatic heterocycles. The van der Waals surface area contributed by atoms with E-state index in [4.69, 9.17) is 26.1 Å².